The van der Waals surface area contributed by atoms with E-state index in [1.54, 1.807) is 6.92 Å². The van der Waals surface area contributed by atoms with Gasteiger partial charge in [-0.15, -0.1) is 20.4 Å². The van der Waals surface area contributed by atoms with Gasteiger partial charge in [-0.25, -0.2) is 4.79 Å². The van der Waals surface area contributed by atoms with Crippen molar-refractivity contribution in [2.24, 2.45) is 10.2 Å². The van der Waals surface area contributed by atoms with Crippen LogP contribution in [0.3, 0.4) is 0 Å². The third kappa shape index (κ3) is 3.72. The third-order valence-corrected chi connectivity index (χ3v) is 4.73. The van der Waals surface area contributed by atoms with Gasteiger partial charge in [0.25, 0.3) is 5.91 Å². The van der Waals surface area contributed by atoms with Crippen molar-refractivity contribution in [1.29, 1.82) is 0 Å². The number of esters is 1. The number of aromatic nitrogens is 2. The standard InChI is InChI=1S/C16H14F3N5O3S/c1-3-27-14(26)12-21-20-11(28-12)8-24(2)13(25)9-5-4-6-10(7-9)15(22-23-15)16(17,18)19/h4-7H,3,8H2,1-2H3. The zero-order valence-corrected chi connectivity index (χ0v) is 15.5. The van der Waals surface area contributed by atoms with Gasteiger partial charge in [0.2, 0.25) is 5.01 Å². The molecule has 0 saturated carbocycles. The van der Waals surface area contributed by atoms with Crippen LogP contribution in [-0.4, -0.2) is 46.8 Å². The van der Waals surface area contributed by atoms with Crippen molar-refractivity contribution in [3.8, 4) is 0 Å². The van der Waals surface area contributed by atoms with E-state index in [2.05, 4.69) is 20.4 Å². The first-order valence-electron chi connectivity index (χ1n) is 8.04. The summed E-state index contributed by atoms with van der Waals surface area (Å²) < 4.78 is 44.3. The lowest BCUT2D eigenvalue weighted by atomic mass is 10.00. The SMILES string of the molecule is CCOC(=O)c1nnc(CN(C)C(=O)c2cccc(C3(C(F)(F)F)N=N3)c2)s1. The summed E-state index contributed by atoms with van der Waals surface area (Å²) >= 11 is 0.973. The molecule has 1 aromatic heterocycles. The Kier molecular flexibility index (Phi) is 5.15. The number of ether oxygens (including phenoxy) is 1. The molecule has 0 fully saturated rings. The van der Waals surface area contributed by atoms with Crippen molar-refractivity contribution in [2.75, 3.05) is 13.7 Å². The second-order valence-corrected chi connectivity index (χ2v) is 6.90. The fraction of sp³-hybridized carbons (Fsp3) is 0.375. The van der Waals surface area contributed by atoms with Gasteiger partial charge in [-0.05, 0) is 19.1 Å². The van der Waals surface area contributed by atoms with E-state index in [0.717, 1.165) is 17.4 Å². The van der Waals surface area contributed by atoms with Crippen molar-refractivity contribution in [2.45, 2.75) is 25.3 Å². The van der Waals surface area contributed by atoms with Crippen molar-refractivity contribution >= 4 is 23.2 Å². The molecule has 0 unspecified atom stereocenters. The molecule has 0 N–H and O–H groups in total. The van der Waals surface area contributed by atoms with Gasteiger partial charge in [-0.1, -0.05) is 23.5 Å². The number of nitrogens with zero attached hydrogens (tertiary/aromatic N) is 5. The van der Waals surface area contributed by atoms with Crippen LogP contribution < -0.4 is 0 Å². The molecule has 0 aliphatic carbocycles. The first kappa shape index (κ1) is 19.9. The van der Waals surface area contributed by atoms with Gasteiger partial charge in [-0.3, -0.25) is 4.79 Å². The molecule has 148 valence electrons. The lowest BCUT2D eigenvalue weighted by Gasteiger charge is -2.18. The minimum atomic E-state index is -4.67. The number of rotatable bonds is 6. The van der Waals surface area contributed by atoms with Gasteiger partial charge in [0.1, 0.15) is 5.01 Å². The molecule has 0 atom stereocenters. The number of halogens is 3. The maximum atomic E-state index is 13.1. The van der Waals surface area contributed by atoms with Gasteiger partial charge >= 0.3 is 17.8 Å². The molecular formula is C16H14F3N5O3S. The largest absolute Gasteiger partial charge is 0.461 e. The second kappa shape index (κ2) is 7.26. The summed E-state index contributed by atoms with van der Waals surface area (Å²) in [6, 6.07) is 5.09. The van der Waals surface area contributed by atoms with E-state index in [4.69, 9.17) is 4.74 Å². The Balaban J connectivity index is 1.72. The molecule has 12 heteroatoms. The highest BCUT2D eigenvalue weighted by Gasteiger charge is 2.65. The molecule has 1 amide bonds. The number of carbonyl (C=O) groups is 2. The van der Waals surface area contributed by atoms with Crippen molar-refractivity contribution < 1.29 is 27.5 Å². The first-order valence-corrected chi connectivity index (χ1v) is 8.86. The lowest BCUT2D eigenvalue weighted by molar-refractivity contribution is -0.166. The third-order valence-electron chi connectivity index (χ3n) is 3.84. The van der Waals surface area contributed by atoms with Gasteiger partial charge in [0, 0.05) is 18.2 Å². The number of benzene rings is 1. The summed E-state index contributed by atoms with van der Waals surface area (Å²) in [5.41, 5.74) is -2.76. The molecule has 0 radical (unpaired) electrons. The van der Waals surface area contributed by atoms with E-state index >= 15 is 0 Å². The number of hydrogen-bond acceptors (Lipinski definition) is 8. The van der Waals surface area contributed by atoms with Crippen LogP contribution in [0.1, 0.15) is 37.7 Å². The molecule has 1 aliphatic heterocycles. The van der Waals surface area contributed by atoms with Crippen LogP contribution in [0.4, 0.5) is 13.2 Å². The highest BCUT2D eigenvalue weighted by Crippen LogP contribution is 2.52. The highest BCUT2D eigenvalue weighted by molar-refractivity contribution is 7.13. The molecule has 1 aliphatic rings. The lowest BCUT2D eigenvalue weighted by Crippen LogP contribution is -2.31. The molecule has 2 aromatic rings. The van der Waals surface area contributed by atoms with Gasteiger partial charge in [0.15, 0.2) is 0 Å². The van der Waals surface area contributed by atoms with Crippen LogP contribution >= 0.6 is 11.3 Å². The van der Waals surface area contributed by atoms with E-state index in [1.807, 2.05) is 0 Å². The summed E-state index contributed by atoms with van der Waals surface area (Å²) in [6.07, 6.45) is -4.67. The minimum absolute atomic E-state index is 0.0271. The predicted octanol–water partition coefficient (Wildman–Crippen LogP) is 3.17. The molecular weight excluding hydrogens is 399 g/mol. The molecule has 3 rings (SSSR count). The Morgan fingerprint density at radius 2 is 1.96 bits per heavy atom. The van der Waals surface area contributed by atoms with Gasteiger partial charge in [-0.2, -0.15) is 13.2 Å². The zero-order valence-electron chi connectivity index (χ0n) is 14.7. The van der Waals surface area contributed by atoms with E-state index in [1.165, 1.54) is 30.1 Å². The van der Waals surface area contributed by atoms with Crippen molar-refractivity contribution in [3.63, 3.8) is 0 Å². The fourth-order valence-corrected chi connectivity index (χ4v) is 3.19. The predicted molar refractivity (Wildman–Crippen MR) is 90.7 cm³/mol. The molecule has 2 heterocycles. The molecule has 0 spiro atoms. The van der Waals surface area contributed by atoms with Gasteiger partial charge in [0.05, 0.1) is 13.2 Å². The number of hydrogen-bond donors (Lipinski definition) is 0. The first-order chi connectivity index (χ1) is 13.2. The maximum Gasteiger partial charge on any atom is 0.442 e. The minimum Gasteiger partial charge on any atom is -0.461 e. The quantitative estimate of drug-likeness (QED) is 0.678. The van der Waals surface area contributed by atoms with E-state index in [-0.39, 0.29) is 29.3 Å². The zero-order chi connectivity index (χ0) is 20.5. The summed E-state index contributed by atoms with van der Waals surface area (Å²) in [5.74, 6) is -1.13. The molecule has 0 bridgehead atoms. The highest BCUT2D eigenvalue weighted by atomic mass is 32.1. The molecule has 0 saturated heterocycles. The Labute approximate surface area is 161 Å². The molecule has 28 heavy (non-hydrogen) atoms. The number of alkyl halides is 3. The Hall–Kier alpha value is -2.89. The van der Waals surface area contributed by atoms with Crippen LogP contribution in [-0.2, 0) is 16.9 Å². The summed E-state index contributed by atoms with van der Waals surface area (Å²) in [5, 5.41) is 14.3. The van der Waals surface area contributed by atoms with Crippen LogP contribution in [0.2, 0.25) is 0 Å². The van der Waals surface area contributed by atoms with Crippen molar-refractivity contribution in [3.05, 3.63) is 45.4 Å². The fourth-order valence-electron chi connectivity index (χ4n) is 2.40. The van der Waals surface area contributed by atoms with E-state index < -0.39 is 23.7 Å². The maximum absolute atomic E-state index is 13.1. The van der Waals surface area contributed by atoms with Crippen LogP contribution in [0.25, 0.3) is 0 Å². The van der Waals surface area contributed by atoms with E-state index in [9.17, 15) is 22.8 Å². The smallest absolute Gasteiger partial charge is 0.442 e. The van der Waals surface area contributed by atoms with Crippen LogP contribution in [0.5, 0.6) is 0 Å². The molecule has 1 aromatic carbocycles. The van der Waals surface area contributed by atoms with Gasteiger partial charge < -0.3 is 9.64 Å². The normalized spacial score (nSPS) is 14.6. The monoisotopic (exact) mass is 413 g/mol. The second-order valence-electron chi connectivity index (χ2n) is 5.83. The molecule has 8 nitrogen and oxygen atoms in total. The Bertz CT molecular complexity index is 938. The number of carbonyl (C=O) groups excluding carboxylic acids is 2. The topological polar surface area (TPSA) is 97.1 Å². The van der Waals surface area contributed by atoms with Crippen LogP contribution in [0, 0.1) is 0 Å². The Morgan fingerprint density at radius 3 is 2.57 bits per heavy atom. The summed E-state index contributed by atoms with van der Waals surface area (Å²) in [4.78, 5) is 25.5. The van der Waals surface area contributed by atoms with Crippen LogP contribution in [0.15, 0.2) is 34.5 Å². The van der Waals surface area contributed by atoms with E-state index in [0.29, 0.717) is 5.01 Å². The number of amides is 1. The summed E-state index contributed by atoms with van der Waals surface area (Å²) in [7, 11) is 1.46. The summed E-state index contributed by atoms with van der Waals surface area (Å²) in [6.45, 7) is 1.88. The van der Waals surface area contributed by atoms with Crippen molar-refractivity contribution in [1.82, 2.24) is 15.1 Å². The Morgan fingerprint density at radius 1 is 1.25 bits per heavy atom. The average molecular weight is 413 g/mol. The average Bonchev–Trinajstić information content (AvgIpc) is 3.35.